The molecular formula is C18H25N5O2. The van der Waals surface area contributed by atoms with E-state index in [1.54, 1.807) is 0 Å². The summed E-state index contributed by atoms with van der Waals surface area (Å²) in [5, 5.41) is 12.4. The van der Waals surface area contributed by atoms with Crippen molar-refractivity contribution in [2.45, 2.75) is 45.3 Å². The van der Waals surface area contributed by atoms with Gasteiger partial charge >= 0.3 is 5.97 Å². The fourth-order valence-electron chi connectivity index (χ4n) is 3.63. The van der Waals surface area contributed by atoms with Crippen molar-refractivity contribution in [1.82, 2.24) is 25.1 Å². The zero-order chi connectivity index (χ0) is 17.8. The fraction of sp³-hybridized carbons (Fsp3) is 0.556. The van der Waals surface area contributed by atoms with Crippen LogP contribution in [0.3, 0.4) is 0 Å². The first-order valence-corrected chi connectivity index (χ1v) is 8.75. The molecule has 0 N–H and O–H groups in total. The Morgan fingerprint density at radius 1 is 1.32 bits per heavy atom. The van der Waals surface area contributed by atoms with Gasteiger partial charge in [0.25, 0.3) is 0 Å². The predicted octanol–water partition coefficient (Wildman–Crippen LogP) is 2.06. The highest BCUT2D eigenvalue weighted by molar-refractivity contribution is 5.76. The number of carbonyl (C=O) groups excluding carboxylic acids is 1. The Kier molecular flexibility index (Phi) is 5.43. The maximum Gasteiger partial charge on any atom is 0.323 e. The van der Waals surface area contributed by atoms with Gasteiger partial charge in [0.1, 0.15) is 6.04 Å². The molecule has 7 heteroatoms. The molecule has 0 spiro atoms. The van der Waals surface area contributed by atoms with Gasteiger partial charge in [-0.3, -0.25) is 9.69 Å². The standard InChI is InChI=1S/C18H25N5O2/c1-13(2)16(22-11-7-10-15(22)18(24)25-3)17-19-20-21-23(17)12-14-8-5-4-6-9-14/h4-6,8-9,13,15-16H,7,10-12H2,1-3H3/t15-,16-/m0/s1. The number of nitrogens with zero attached hydrogens (tertiary/aromatic N) is 5. The van der Waals surface area contributed by atoms with E-state index in [0.29, 0.717) is 6.54 Å². The lowest BCUT2D eigenvalue weighted by Gasteiger charge is -2.33. The SMILES string of the molecule is COC(=O)[C@@H]1CCCN1[C@H](c1nnnn1Cc1ccccc1)C(C)C. The average Bonchev–Trinajstić information content (AvgIpc) is 3.26. The summed E-state index contributed by atoms with van der Waals surface area (Å²) < 4.78 is 6.84. The number of methoxy groups -OCH3 is 1. The number of hydrogen-bond acceptors (Lipinski definition) is 6. The number of benzene rings is 1. The summed E-state index contributed by atoms with van der Waals surface area (Å²) >= 11 is 0. The Morgan fingerprint density at radius 3 is 2.76 bits per heavy atom. The number of rotatable bonds is 6. The van der Waals surface area contributed by atoms with Crippen molar-refractivity contribution < 1.29 is 9.53 Å². The van der Waals surface area contributed by atoms with Gasteiger partial charge in [0, 0.05) is 0 Å². The number of ether oxygens (including phenoxy) is 1. The third-order valence-corrected chi connectivity index (χ3v) is 4.76. The molecule has 2 aromatic rings. The normalized spacial score (nSPS) is 19.3. The van der Waals surface area contributed by atoms with E-state index in [0.717, 1.165) is 30.8 Å². The highest BCUT2D eigenvalue weighted by atomic mass is 16.5. The van der Waals surface area contributed by atoms with Gasteiger partial charge in [0.2, 0.25) is 0 Å². The molecule has 1 aliphatic heterocycles. The molecule has 1 aromatic heterocycles. The molecule has 0 unspecified atom stereocenters. The second-order valence-corrected chi connectivity index (χ2v) is 6.79. The predicted molar refractivity (Wildman–Crippen MR) is 92.7 cm³/mol. The second-order valence-electron chi connectivity index (χ2n) is 6.79. The molecular weight excluding hydrogens is 318 g/mol. The molecule has 1 fully saturated rings. The van der Waals surface area contributed by atoms with Crippen molar-refractivity contribution in [3.8, 4) is 0 Å². The summed E-state index contributed by atoms with van der Waals surface area (Å²) in [5.41, 5.74) is 1.14. The van der Waals surface area contributed by atoms with Gasteiger partial charge in [0.15, 0.2) is 5.82 Å². The van der Waals surface area contributed by atoms with Crippen LogP contribution >= 0.6 is 0 Å². The summed E-state index contributed by atoms with van der Waals surface area (Å²) in [6.07, 6.45) is 1.79. The minimum atomic E-state index is -0.223. The van der Waals surface area contributed by atoms with E-state index in [-0.39, 0.29) is 24.0 Å². The Balaban J connectivity index is 1.89. The third-order valence-electron chi connectivity index (χ3n) is 4.76. The van der Waals surface area contributed by atoms with Gasteiger partial charge in [-0.25, -0.2) is 4.68 Å². The van der Waals surface area contributed by atoms with Crippen molar-refractivity contribution in [2.75, 3.05) is 13.7 Å². The van der Waals surface area contributed by atoms with Crippen LogP contribution in [-0.4, -0.2) is 50.8 Å². The van der Waals surface area contributed by atoms with Gasteiger partial charge in [-0.1, -0.05) is 44.2 Å². The van der Waals surface area contributed by atoms with E-state index < -0.39 is 0 Å². The third kappa shape index (κ3) is 3.71. The van der Waals surface area contributed by atoms with Crippen molar-refractivity contribution in [3.63, 3.8) is 0 Å². The smallest absolute Gasteiger partial charge is 0.323 e. The molecule has 1 saturated heterocycles. The molecule has 0 saturated carbocycles. The van der Waals surface area contributed by atoms with E-state index in [1.807, 2.05) is 22.9 Å². The lowest BCUT2D eigenvalue weighted by molar-refractivity contribution is -0.147. The lowest BCUT2D eigenvalue weighted by atomic mass is 10.0. The number of esters is 1. The molecule has 0 radical (unpaired) electrons. The molecule has 2 heterocycles. The van der Waals surface area contributed by atoms with Gasteiger partial charge < -0.3 is 4.74 Å². The molecule has 7 nitrogen and oxygen atoms in total. The maximum absolute atomic E-state index is 12.2. The van der Waals surface area contributed by atoms with Crippen molar-refractivity contribution in [3.05, 3.63) is 41.7 Å². The number of tetrazole rings is 1. The first-order chi connectivity index (χ1) is 12.1. The lowest BCUT2D eigenvalue weighted by Crippen LogP contribution is -2.42. The Hall–Kier alpha value is -2.28. The molecule has 1 aliphatic rings. The number of likely N-dealkylation sites (tertiary alicyclic amines) is 1. The first-order valence-electron chi connectivity index (χ1n) is 8.75. The summed E-state index contributed by atoms with van der Waals surface area (Å²) in [4.78, 5) is 14.4. The maximum atomic E-state index is 12.2. The molecule has 0 aliphatic carbocycles. The minimum Gasteiger partial charge on any atom is -0.468 e. The van der Waals surface area contributed by atoms with E-state index in [2.05, 4.69) is 46.4 Å². The molecule has 3 rings (SSSR count). The van der Waals surface area contributed by atoms with E-state index >= 15 is 0 Å². The zero-order valence-electron chi connectivity index (χ0n) is 15.0. The fourth-order valence-corrected chi connectivity index (χ4v) is 3.63. The van der Waals surface area contributed by atoms with Crippen LogP contribution in [0.25, 0.3) is 0 Å². The quantitative estimate of drug-likeness (QED) is 0.748. The monoisotopic (exact) mass is 343 g/mol. The zero-order valence-corrected chi connectivity index (χ0v) is 15.0. The van der Waals surface area contributed by atoms with E-state index in [1.165, 1.54) is 7.11 Å². The van der Waals surface area contributed by atoms with Gasteiger partial charge in [-0.05, 0) is 41.3 Å². The van der Waals surface area contributed by atoms with Crippen LogP contribution in [0.2, 0.25) is 0 Å². The average molecular weight is 343 g/mol. The van der Waals surface area contributed by atoms with Crippen LogP contribution in [0.15, 0.2) is 30.3 Å². The summed E-state index contributed by atoms with van der Waals surface area (Å²) in [6.45, 7) is 5.74. The molecule has 0 bridgehead atoms. The van der Waals surface area contributed by atoms with Gasteiger partial charge in [-0.2, -0.15) is 0 Å². The van der Waals surface area contributed by atoms with Crippen LogP contribution in [-0.2, 0) is 16.1 Å². The van der Waals surface area contributed by atoms with E-state index in [9.17, 15) is 4.79 Å². The summed E-state index contributed by atoms with van der Waals surface area (Å²) in [5.74, 6) is 0.894. The summed E-state index contributed by atoms with van der Waals surface area (Å²) in [7, 11) is 1.45. The Morgan fingerprint density at radius 2 is 2.08 bits per heavy atom. The van der Waals surface area contributed by atoms with Crippen LogP contribution in [0.5, 0.6) is 0 Å². The Bertz CT molecular complexity index is 701. The molecule has 1 aromatic carbocycles. The van der Waals surface area contributed by atoms with Crippen LogP contribution in [0, 0.1) is 5.92 Å². The summed E-state index contributed by atoms with van der Waals surface area (Å²) in [6, 6.07) is 9.88. The van der Waals surface area contributed by atoms with Crippen molar-refractivity contribution in [1.29, 1.82) is 0 Å². The first kappa shape index (κ1) is 17.5. The topological polar surface area (TPSA) is 73.1 Å². The van der Waals surface area contributed by atoms with Crippen LogP contribution < -0.4 is 0 Å². The van der Waals surface area contributed by atoms with Crippen molar-refractivity contribution in [2.24, 2.45) is 5.92 Å². The molecule has 134 valence electrons. The molecule has 0 amide bonds. The second kappa shape index (κ2) is 7.74. The van der Waals surface area contributed by atoms with Gasteiger partial charge in [-0.15, -0.1) is 5.10 Å². The minimum absolute atomic E-state index is 0.0229. The highest BCUT2D eigenvalue weighted by Crippen LogP contribution is 2.34. The number of hydrogen-bond donors (Lipinski definition) is 0. The van der Waals surface area contributed by atoms with Crippen LogP contribution in [0.4, 0.5) is 0 Å². The number of carbonyl (C=O) groups is 1. The Labute approximate surface area is 148 Å². The largest absolute Gasteiger partial charge is 0.468 e. The van der Waals surface area contributed by atoms with Crippen molar-refractivity contribution >= 4 is 5.97 Å². The van der Waals surface area contributed by atoms with Crippen LogP contribution in [0.1, 0.15) is 44.1 Å². The molecule has 25 heavy (non-hydrogen) atoms. The molecule has 2 atom stereocenters. The highest BCUT2D eigenvalue weighted by Gasteiger charge is 2.40. The van der Waals surface area contributed by atoms with Gasteiger partial charge in [0.05, 0.1) is 19.7 Å². The number of aromatic nitrogens is 4. The van der Waals surface area contributed by atoms with E-state index in [4.69, 9.17) is 4.74 Å².